The Morgan fingerprint density at radius 2 is 1.58 bits per heavy atom. The highest BCUT2D eigenvalue weighted by molar-refractivity contribution is 5.20. The van der Waals surface area contributed by atoms with Crippen molar-refractivity contribution in [2.75, 3.05) is 6.61 Å². The number of hydrogen-bond acceptors (Lipinski definition) is 2. The van der Waals surface area contributed by atoms with E-state index in [0.29, 0.717) is 6.61 Å². The Morgan fingerprint density at radius 1 is 0.947 bits per heavy atom. The van der Waals surface area contributed by atoms with Crippen LogP contribution in [0.1, 0.15) is 58.3 Å². The Balaban J connectivity index is 1.95. The average Bonchev–Trinajstić information content (AvgIpc) is 2.45. The van der Waals surface area contributed by atoms with Gasteiger partial charge >= 0.3 is 0 Å². The zero-order chi connectivity index (χ0) is 13.8. The minimum atomic E-state index is 0.163. The molecule has 0 aliphatic rings. The van der Waals surface area contributed by atoms with Crippen LogP contribution < -0.4 is 10.5 Å². The quantitative estimate of drug-likeness (QED) is 0.595. The first-order valence-corrected chi connectivity index (χ1v) is 7.76. The highest BCUT2D eigenvalue weighted by Gasteiger charge is 2.03. The third-order valence-corrected chi connectivity index (χ3v) is 3.39. The van der Waals surface area contributed by atoms with E-state index in [0.717, 1.165) is 12.2 Å². The molecule has 2 heteroatoms. The molecule has 1 atom stereocenters. The van der Waals surface area contributed by atoms with Crippen LogP contribution in [0, 0.1) is 0 Å². The minimum Gasteiger partial charge on any atom is -0.492 e. The minimum absolute atomic E-state index is 0.163. The van der Waals surface area contributed by atoms with Gasteiger partial charge in [0.05, 0.1) is 0 Å². The highest BCUT2D eigenvalue weighted by Crippen LogP contribution is 2.11. The van der Waals surface area contributed by atoms with Crippen molar-refractivity contribution >= 4 is 0 Å². The Bertz CT molecular complexity index is 299. The van der Waals surface area contributed by atoms with Crippen molar-refractivity contribution in [2.45, 2.75) is 64.3 Å². The van der Waals surface area contributed by atoms with Crippen molar-refractivity contribution in [2.24, 2.45) is 5.73 Å². The van der Waals surface area contributed by atoms with Gasteiger partial charge in [0.2, 0.25) is 0 Å². The summed E-state index contributed by atoms with van der Waals surface area (Å²) in [7, 11) is 0. The lowest BCUT2D eigenvalue weighted by Crippen LogP contribution is -2.27. The van der Waals surface area contributed by atoms with Gasteiger partial charge in [0.15, 0.2) is 0 Å². The van der Waals surface area contributed by atoms with Crippen LogP contribution in [0.3, 0.4) is 0 Å². The standard InChI is InChI=1S/C17H29NO/c1-2-3-4-5-6-7-9-12-16(18)15-19-17-13-10-8-11-14-17/h8,10-11,13-14,16H,2-7,9,12,15,18H2,1H3. The summed E-state index contributed by atoms with van der Waals surface area (Å²) in [6.45, 7) is 2.88. The SMILES string of the molecule is CCCCCCCCCC(N)COc1ccccc1. The van der Waals surface area contributed by atoms with E-state index in [-0.39, 0.29) is 6.04 Å². The van der Waals surface area contributed by atoms with Gasteiger partial charge in [-0.25, -0.2) is 0 Å². The smallest absolute Gasteiger partial charge is 0.119 e. The molecule has 0 bridgehead atoms. The maximum Gasteiger partial charge on any atom is 0.119 e. The number of rotatable bonds is 11. The summed E-state index contributed by atoms with van der Waals surface area (Å²) < 4.78 is 5.65. The molecule has 0 fully saturated rings. The molecule has 1 rings (SSSR count). The summed E-state index contributed by atoms with van der Waals surface area (Å²) in [5.74, 6) is 0.914. The Labute approximate surface area is 118 Å². The number of para-hydroxylation sites is 1. The predicted molar refractivity (Wildman–Crippen MR) is 82.5 cm³/mol. The molecule has 0 saturated carbocycles. The first-order valence-electron chi connectivity index (χ1n) is 7.76. The van der Waals surface area contributed by atoms with E-state index in [1.807, 2.05) is 30.3 Å². The number of benzene rings is 1. The molecule has 2 nitrogen and oxygen atoms in total. The largest absolute Gasteiger partial charge is 0.492 e. The average molecular weight is 263 g/mol. The third kappa shape index (κ3) is 8.66. The molecule has 19 heavy (non-hydrogen) atoms. The molecule has 0 spiro atoms. The van der Waals surface area contributed by atoms with E-state index in [9.17, 15) is 0 Å². The van der Waals surface area contributed by atoms with Gasteiger partial charge in [0.1, 0.15) is 12.4 Å². The molecule has 1 unspecified atom stereocenters. The van der Waals surface area contributed by atoms with Gasteiger partial charge in [-0.2, -0.15) is 0 Å². The molecule has 0 heterocycles. The van der Waals surface area contributed by atoms with Gasteiger partial charge in [-0.05, 0) is 18.6 Å². The summed E-state index contributed by atoms with van der Waals surface area (Å²) >= 11 is 0. The van der Waals surface area contributed by atoms with E-state index in [1.165, 1.54) is 44.9 Å². The first kappa shape index (κ1) is 16.0. The topological polar surface area (TPSA) is 35.2 Å². The maximum absolute atomic E-state index is 6.06. The van der Waals surface area contributed by atoms with Gasteiger partial charge < -0.3 is 10.5 Å². The van der Waals surface area contributed by atoms with Crippen LogP contribution in [0.4, 0.5) is 0 Å². The van der Waals surface area contributed by atoms with E-state index in [4.69, 9.17) is 10.5 Å². The fourth-order valence-electron chi connectivity index (χ4n) is 2.17. The normalized spacial score (nSPS) is 12.3. The molecule has 0 saturated heterocycles. The summed E-state index contributed by atoms with van der Waals surface area (Å²) in [6.07, 6.45) is 10.4. The monoisotopic (exact) mass is 263 g/mol. The van der Waals surface area contributed by atoms with Crippen molar-refractivity contribution in [1.82, 2.24) is 0 Å². The van der Waals surface area contributed by atoms with E-state index in [2.05, 4.69) is 6.92 Å². The van der Waals surface area contributed by atoms with Crippen molar-refractivity contribution in [1.29, 1.82) is 0 Å². The van der Waals surface area contributed by atoms with Crippen LogP contribution in [0.5, 0.6) is 5.75 Å². The third-order valence-electron chi connectivity index (χ3n) is 3.39. The Kier molecular flexibility index (Phi) is 9.17. The van der Waals surface area contributed by atoms with Crippen molar-refractivity contribution in [3.63, 3.8) is 0 Å². The van der Waals surface area contributed by atoms with Crippen LogP contribution in [0.2, 0.25) is 0 Å². The molecule has 0 aromatic heterocycles. The lowest BCUT2D eigenvalue weighted by atomic mass is 10.1. The maximum atomic E-state index is 6.06. The van der Waals surface area contributed by atoms with Gasteiger partial charge in [-0.15, -0.1) is 0 Å². The number of nitrogens with two attached hydrogens (primary N) is 1. The molecule has 0 aliphatic carbocycles. The van der Waals surface area contributed by atoms with Crippen LogP contribution in [-0.4, -0.2) is 12.6 Å². The van der Waals surface area contributed by atoms with Gasteiger partial charge in [-0.3, -0.25) is 0 Å². The summed E-state index contributed by atoms with van der Waals surface area (Å²) in [5.41, 5.74) is 6.06. The Hall–Kier alpha value is -1.02. The summed E-state index contributed by atoms with van der Waals surface area (Å²) in [6, 6.07) is 10.1. The zero-order valence-electron chi connectivity index (χ0n) is 12.3. The predicted octanol–water partition coefficient (Wildman–Crippen LogP) is 4.53. The van der Waals surface area contributed by atoms with Crippen LogP contribution >= 0.6 is 0 Å². The van der Waals surface area contributed by atoms with Crippen LogP contribution in [-0.2, 0) is 0 Å². The van der Waals surface area contributed by atoms with Crippen molar-refractivity contribution in [3.05, 3.63) is 30.3 Å². The second-order valence-electron chi connectivity index (χ2n) is 5.29. The highest BCUT2D eigenvalue weighted by atomic mass is 16.5. The Morgan fingerprint density at radius 3 is 2.26 bits per heavy atom. The first-order chi connectivity index (χ1) is 9.33. The molecule has 108 valence electrons. The van der Waals surface area contributed by atoms with Gasteiger partial charge in [0.25, 0.3) is 0 Å². The van der Waals surface area contributed by atoms with Gasteiger partial charge in [0, 0.05) is 6.04 Å². The second-order valence-corrected chi connectivity index (χ2v) is 5.29. The fraction of sp³-hybridized carbons (Fsp3) is 0.647. The molecule has 1 aromatic carbocycles. The van der Waals surface area contributed by atoms with Gasteiger partial charge in [-0.1, -0.05) is 70.1 Å². The van der Waals surface area contributed by atoms with Crippen molar-refractivity contribution < 1.29 is 4.74 Å². The molecule has 0 radical (unpaired) electrons. The molecular formula is C17H29NO. The van der Waals surface area contributed by atoms with Crippen LogP contribution in [0.25, 0.3) is 0 Å². The van der Waals surface area contributed by atoms with E-state index < -0.39 is 0 Å². The summed E-state index contributed by atoms with van der Waals surface area (Å²) in [5, 5.41) is 0. The lowest BCUT2D eigenvalue weighted by molar-refractivity contribution is 0.279. The van der Waals surface area contributed by atoms with E-state index in [1.54, 1.807) is 0 Å². The molecule has 0 aliphatic heterocycles. The molecule has 0 amide bonds. The van der Waals surface area contributed by atoms with Crippen molar-refractivity contribution in [3.8, 4) is 5.75 Å². The number of ether oxygens (including phenoxy) is 1. The second kappa shape index (κ2) is 10.9. The zero-order valence-corrected chi connectivity index (χ0v) is 12.3. The molecule has 1 aromatic rings. The number of hydrogen-bond donors (Lipinski definition) is 1. The summed E-state index contributed by atoms with van der Waals surface area (Å²) in [4.78, 5) is 0. The molecule has 2 N–H and O–H groups in total. The van der Waals surface area contributed by atoms with Crippen LogP contribution in [0.15, 0.2) is 30.3 Å². The molecular weight excluding hydrogens is 234 g/mol. The number of unbranched alkanes of at least 4 members (excludes halogenated alkanes) is 6. The fourth-order valence-corrected chi connectivity index (χ4v) is 2.17. The van der Waals surface area contributed by atoms with E-state index >= 15 is 0 Å². The lowest BCUT2D eigenvalue weighted by Gasteiger charge is -2.13.